The van der Waals surface area contributed by atoms with Gasteiger partial charge < -0.3 is 29.6 Å². The van der Waals surface area contributed by atoms with E-state index in [1.54, 1.807) is 6.07 Å². The number of aliphatic hydroxyl groups is 2. The molecular weight excluding hydrogens is 484 g/mol. The fraction of sp³-hybridized carbons (Fsp3) is 0.455. The van der Waals surface area contributed by atoms with Crippen LogP contribution in [0.2, 0.25) is 5.02 Å². The lowest BCUT2D eigenvalue weighted by atomic mass is 10.0. The number of rotatable bonds is 6. The average molecular weight is 509 g/mol. The van der Waals surface area contributed by atoms with E-state index in [0.717, 1.165) is 11.3 Å². The van der Waals surface area contributed by atoms with Crippen molar-refractivity contribution in [3.8, 4) is 17.3 Å². The first-order valence-corrected chi connectivity index (χ1v) is 13.2. The molecule has 3 N–H and O–H groups in total. The van der Waals surface area contributed by atoms with Crippen LogP contribution >= 0.6 is 11.6 Å². The number of nitrogens with zero attached hydrogens (tertiary/aromatic N) is 3. The number of pyridine rings is 1. The van der Waals surface area contributed by atoms with Gasteiger partial charge in [0.2, 0.25) is 0 Å². The number of aromatic nitrogens is 3. The minimum absolute atomic E-state index is 0.229. The fourth-order valence-corrected chi connectivity index (χ4v) is 5.31. The Kier molecular flexibility index (Phi) is 6.15. The second kappa shape index (κ2) is 8.97. The van der Waals surface area contributed by atoms with E-state index in [9.17, 15) is 18.6 Å². The quantitative estimate of drug-likeness (QED) is 0.451. The molecule has 0 aliphatic carbocycles. The highest BCUT2D eigenvalue weighted by Crippen LogP contribution is 2.32. The number of H-pyrrole nitrogens is 1. The number of benzene rings is 1. The Bertz CT molecular complexity index is 1290. The molecule has 2 saturated heterocycles. The summed E-state index contributed by atoms with van der Waals surface area (Å²) in [6.07, 6.45) is -0.247. The van der Waals surface area contributed by atoms with Crippen LogP contribution in [0, 0.1) is 0 Å². The molecule has 2 aliphatic heterocycles. The Morgan fingerprint density at radius 1 is 1.26 bits per heavy atom. The molecule has 2 aliphatic rings. The lowest BCUT2D eigenvalue weighted by molar-refractivity contribution is -0.131. The van der Waals surface area contributed by atoms with Crippen LogP contribution < -0.4 is 9.64 Å². The van der Waals surface area contributed by atoms with Gasteiger partial charge in [-0.25, -0.2) is 13.4 Å². The third-order valence-corrected chi connectivity index (χ3v) is 8.05. The molecule has 0 spiro atoms. The van der Waals surface area contributed by atoms with Gasteiger partial charge in [-0.3, -0.25) is 0 Å². The highest BCUT2D eigenvalue weighted by molar-refractivity contribution is 7.91. The Hall–Kier alpha value is -2.44. The molecule has 5 rings (SSSR count). The summed E-state index contributed by atoms with van der Waals surface area (Å²) < 4.78 is 34.5. The van der Waals surface area contributed by atoms with Crippen LogP contribution in [-0.2, 0) is 14.6 Å². The van der Waals surface area contributed by atoms with Crippen molar-refractivity contribution in [3.63, 3.8) is 0 Å². The van der Waals surface area contributed by atoms with Crippen molar-refractivity contribution in [1.82, 2.24) is 15.0 Å². The van der Waals surface area contributed by atoms with Gasteiger partial charge in [0.15, 0.2) is 15.5 Å². The standard InChI is InChI=1S/C22H25ClN4O6S/c1-34(30,31)15-8-27(9-15)13-4-2-12(3-5-13)20-16(23)7-17-21(25-20)26-22(24-17)33-14-6-18(29)19(10-28)32-11-14/h2-5,7,14-15,18-19,28-29H,6,8-11H2,1H3,(H,24,25,26). The minimum Gasteiger partial charge on any atom is -0.459 e. The summed E-state index contributed by atoms with van der Waals surface area (Å²) in [6, 6.07) is 9.60. The van der Waals surface area contributed by atoms with E-state index in [1.165, 1.54) is 6.26 Å². The molecule has 12 heteroatoms. The Labute approximate surface area is 201 Å². The SMILES string of the molecule is CS(=O)(=O)C1CN(c2ccc(-c3nc4nc(OC5COC(CO)C(O)C5)[nH]c4cc3Cl)cc2)C1. The number of hydrogen-bond acceptors (Lipinski definition) is 9. The molecule has 0 radical (unpaired) electrons. The highest BCUT2D eigenvalue weighted by Gasteiger charge is 2.34. The van der Waals surface area contributed by atoms with Crippen molar-refractivity contribution in [2.45, 2.75) is 30.0 Å². The summed E-state index contributed by atoms with van der Waals surface area (Å²) in [7, 11) is -3.02. The van der Waals surface area contributed by atoms with Gasteiger partial charge in [0, 0.05) is 37.0 Å². The number of nitrogens with one attached hydrogen (secondary N) is 1. The third-order valence-electron chi connectivity index (χ3n) is 6.25. The van der Waals surface area contributed by atoms with Gasteiger partial charge in [0.1, 0.15) is 12.2 Å². The molecule has 3 unspecified atom stereocenters. The van der Waals surface area contributed by atoms with E-state index in [4.69, 9.17) is 21.1 Å². The first-order valence-electron chi connectivity index (χ1n) is 10.9. The van der Waals surface area contributed by atoms with Crippen LogP contribution in [0.4, 0.5) is 5.69 Å². The van der Waals surface area contributed by atoms with Gasteiger partial charge in [-0.05, 0) is 18.2 Å². The number of aromatic amines is 1. The molecule has 3 aromatic rings. The van der Waals surface area contributed by atoms with Gasteiger partial charge in [-0.2, -0.15) is 4.98 Å². The molecule has 3 atom stereocenters. The second-order valence-electron chi connectivity index (χ2n) is 8.73. The number of halogens is 1. The number of fused-ring (bicyclic) bond motifs is 1. The van der Waals surface area contributed by atoms with Gasteiger partial charge in [-0.15, -0.1) is 0 Å². The lowest BCUT2D eigenvalue weighted by Crippen LogP contribution is -2.54. The van der Waals surface area contributed by atoms with Crippen molar-refractivity contribution in [1.29, 1.82) is 0 Å². The molecule has 10 nitrogen and oxygen atoms in total. The first kappa shape index (κ1) is 23.3. The van der Waals surface area contributed by atoms with E-state index in [0.29, 0.717) is 41.4 Å². The van der Waals surface area contributed by atoms with Crippen LogP contribution in [0.3, 0.4) is 0 Å². The van der Waals surface area contributed by atoms with Gasteiger partial charge in [0.25, 0.3) is 6.01 Å². The zero-order valence-corrected chi connectivity index (χ0v) is 20.0. The van der Waals surface area contributed by atoms with Crippen molar-refractivity contribution in [3.05, 3.63) is 35.4 Å². The largest absolute Gasteiger partial charge is 0.459 e. The van der Waals surface area contributed by atoms with Crippen LogP contribution in [0.5, 0.6) is 6.01 Å². The summed E-state index contributed by atoms with van der Waals surface area (Å²) >= 11 is 6.50. The van der Waals surface area contributed by atoms with E-state index in [2.05, 4.69) is 15.0 Å². The maximum atomic E-state index is 11.6. The topological polar surface area (TPSA) is 138 Å². The second-order valence-corrected chi connectivity index (χ2v) is 11.5. The van der Waals surface area contributed by atoms with E-state index in [1.807, 2.05) is 29.2 Å². The minimum atomic E-state index is -3.02. The van der Waals surface area contributed by atoms with E-state index < -0.39 is 28.1 Å². The summed E-state index contributed by atoms with van der Waals surface area (Å²) in [5, 5.41) is 19.3. The number of hydrogen-bond donors (Lipinski definition) is 3. The number of anilines is 1. The Balaban J connectivity index is 1.30. The number of ether oxygens (including phenoxy) is 2. The molecule has 0 saturated carbocycles. The lowest BCUT2D eigenvalue weighted by Gasteiger charge is -2.39. The zero-order valence-electron chi connectivity index (χ0n) is 18.4. The highest BCUT2D eigenvalue weighted by atomic mass is 35.5. The number of sulfone groups is 1. The molecule has 34 heavy (non-hydrogen) atoms. The van der Waals surface area contributed by atoms with Crippen molar-refractivity contribution >= 4 is 38.3 Å². The smallest absolute Gasteiger partial charge is 0.296 e. The monoisotopic (exact) mass is 508 g/mol. The summed E-state index contributed by atoms with van der Waals surface area (Å²) in [5.41, 5.74) is 3.36. The van der Waals surface area contributed by atoms with Crippen molar-refractivity contribution < 1.29 is 28.1 Å². The summed E-state index contributed by atoms with van der Waals surface area (Å²) in [6.45, 7) is 0.961. The van der Waals surface area contributed by atoms with Crippen molar-refractivity contribution in [2.24, 2.45) is 0 Å². The van der Waals surface area contributed by atoms with Crippen LogP contribution in [0.15, 0.2) is 30.3 Å². The number of aliphatic hydroxyl groups excluding tert-OH is 2. The molecule has 0 amide bonds. The maximum absolute atomic E-state index is 11.6. The van der Waals surface area contributed by atoms with E-state index in [-0.39, 0.29) is 24.5 Å². The van der Waals surface area contributed by atoms with Crippen LogP contribution in [0.1, 0.15) is 6.42 Å². The fourth-order valence-electron chi connectivity index (χ4n) is 4.15. The van der Waals surface area contributed by atoms with E-state index >= 15 is 0 Å². The summed E-state index contributed by atoms with van der Waals surface area (Å²) in [5.74, 6) is 0. The molecule has 1 aromatic carbocycles. The normalized spacial score (nSPS) is 23.8. The average Bonchev–Trinajstić information content (AvgIpc) is 3.12. The zero-order chi connectivity index (χ0) is 24.0. The van der Waals surface area contributed by atoms with Crippen molar-refractivity contribution in [2.75, 3.05) is 37.5 Å². The predicted octanol–water partition coefficient (Wildman–Crippen LogP) is 1.40. The van der Waals surface area contributed by atoms with Gasteiger partial charge in [0.05, 0.1) is 40.8 Å². The van der Waals surface area contributed by atoms with Crippen LogP contribution in [-0.4, -0.2) is 89.7 Å². The molecule has 182 valence electrons. The Morgan fingerprint density at radius 2 is 2.00 bits per heavy atom. The molecule has 0 bridgehead atoms. The molecule has 2 aromatic heterocycles. The van der Waals surface area contributed by atoms with Gasteiger partial charge in [-0.1, -0.05) is 23.7 Å². The first-order chi connectivity index (χ1) is 16.2. The third kappa shape index (κ3) is 4.58. The Morgan fingerprint density at radius 3 is 2.65 bits per heavy atom. The number of imidazole rings is 1. The molecule has 4 heterocycles. The summed E-state index contributed by atoms with van der Waals surface area (Å²) in [4.78, 5) is 14.0. The maximum Gasteiger partial charge on any atom is 0.296 e. The molecular formula is C22H25ClN4O6S. The van der Waals surface area contributed by atoms with Crippen LogP contribution in [0.25, 0.3) is 22.4 Å². The molecule has 2 fully saturated rings. The van der Waals surface area contributed by atoms with Gasteiger partial charge >= 0.3 is 0 Å². The predicted molar refractivity (Wildman–Crippen MR) is 127 cm³/mol.